The number of aliphatic hydroxyl groups excluding tert-OH is 1. The van der Waals surface area contributed by atoms with Crippen molar-refractivity contribution in [2.45, 2.75) is 13.5 Å². The van der Waals surface area contributed by atoms with E-state index in [2.05, 4.69) is 5.32 Å². The molecule has 5 nitrogen and oxygen atoms in total. The molecule has 1 aromatic carbocycles. The van der Waals surface area contributed by atoms with E-state index < -0.39 is 23.4 Å². The van der Waals surface area contributed by atoms with E-state index in [0.717, 1.165) is 11.3 Å². The van der Waals surface area contributed by atoms with Crippen molar-refractivity contribution in [3.8, 4) is 5.75 Å². The first-order valence-corrected chi connectivity index (χ1v) is 7.94. The second kappa shape index (κ2) is 6.74. The predicted molar refractivity (Wildman–Crippen MR) is 89.4 cm³/mol. The first-order chi connectivity index (χ1) is 11.6. The molecule has 1 aromatic rings. The molecule has 0 aliphatic heterocycles. The van der Waals surface area contributed by atoms with Crippen molar-refractivity contribution in [3.63, 3.8) is 0 Å². The van der Waals surface area contributed by atoms with Gasteiger partial charge in [-0.15, -0.1) is 0 Å². The predicted octanol–water partition coefficient (Wildman–Crippen LogP) is 2.45. The lowest BCUT2D eigenvalue weighted by Gasteiger charge is -2.28. The number of benzene rings is 1. The van der Waals surface area contributed by atoms with Crippen molar-refractivity contribution in [3.05, 3.63) is 65.6 Å². The van der Waals surface area contributed by atoms with Gasteiger partial charge in [-0.3, -0.25) is 9.59 Å². The number of allylic oxidation sites excluding steroid dienone is 6. The lowest BCUT2D eigenvalue weighted by Crippen LogP contribution is -2.40. The van der Waals surface area contributed by atoms with Crippen LogP contribution in [0.4, 0.5) is 0 Å². The van der Waals surface area contributed by atoms with Crippen LogP contribution in [0.15, 0.2) is 60.0 Å². The standard InChI is InChI=1S/C19H19NO4/c1-2-24-13-9-7-12(8-10-13)11-20-16-17(21)14-5-3-4-6-15(14)18(22)19(16)23/h3-10,14-15,20,23H,2,11H2,1H3. The van der Waals surface area contributed by atoms with Gasteiger partial charge in [0.15, 0.2) is 11.5 Å². The molecule has 2 aliphatic carbocycles. The molecule has 0 bridgehead atoms. The van der Waals surface area contributed by atoms with E-state index in [9.17, 15) is 14.7 Å². The van der Waals surface area contributed by atoms with Crippen LogP contribution in [0, 0.1) is 11.8 Å². The highest BCUT2D eigenvalue weighted by molar-refractivity contribution is 6.13. The highest BCUT2D eigenvalue weighted by atomic mass is 16.5. The fourth-order valence-electron chi connectivity index (χ4n) is 2.90. The van der Waals surface area contributed by atoms with Gasteiger partial charge in [0.05, 0.1) is 18.4 Å². The SMILES string of the molecule is CCOc1ccc(CNC2=C(O)C(=O)C3C=CC=CC3C2=O)cc1. The van der Waals surface area contributed by atoms with Crippen molar-refractivity contribution in [1.82, 2.24) is 5.32 Å². The minimum atomic E-state index is -0.599. The van der Waals surface area contributed by atoms with E-state index in [4.69, 9.17) is 4.74 Å². The molecule has 3 rings (SSSR count). The van der Waals surface area contributed by atoms with Crippen LogP contribution in [-0.4, -0.2) is 23.3 Å². The molecule has 0 saturated heterocycles. The lowest BCUT2D eigenvalue weighted by atomic mass is 9.76. The van der Waals surface area contributed by atoms with Gasteiger partial charge in [-0.2, -0.15) is 0 Å². The molecule has 24 heavy (non-hydrogen) atoms. The van der Waals surface area contributed by atoms with E-state index in [-0.39, 0.29) is 11.5 Å². The summed E-state index contributed by atoms with van der Waals surface area (Å²) in [6.45, 7) is 2.85. The van der Waals surface area contributed by atoms with E-state index in [1.807, 2.05) is 31.2 Å². The Morgan fingerprint density at radius 1 is 1.04 bits per heavy atom. The fourth-order valence-corrected chi connectivity index (χ4v) is 2.90. The number of fused-ring (bicyclic) bond motifs is 1. The van der Waals surface area contributed by atoms with Crippen molar-refractivity contribution in [2.75, 3.05) is 6.61 Å². The van der Waals surface area contributed by atoms with Gasteiger partial charge in [-0.1, -0.05) is 36.4 Å². The van der Waals surface area contributed by atoms with E-state index in [1.54, 1.807) is 24.3 Å². The van der Waals surface area contributed by atoms with Crippen LogP contribution in [-0.2, 0) is 16.1 Å². The van der Waals surface area contributed by atoms with Gasteiger partial charge in [0.25, 0.3) is 0 Å². The van der Waals surface area contributed by atoms with Crippen LogP contribution in [0.2, 0.25) is 0 Å². The third-order valence-electron chi connectivity index (χ3n) is 4.16. The van der Waals surface area contributed by atoms with E-state index >= 15 is 0 Å². The molecule has 2 aliphatic rings. The summed E-state index contributed by atoms with van der Waals surface area (Å²) in [4.78, 5) is 24.8. The maximum Gasteiger partial charge on any atom is 0.207 e. The summed E-state index contributed by atoms with van der Waals surface area (Å²) >= 11 is 0. The quantitative estimate of drug-likeness (QED) is 0.870. The summed E-state index contributed by atoms with van der Waals surface area (Å²) in [6.07, 6.45) is 6.83. The Morgan fingerprint density at radius 2 is 1.67 bits per heavy atom. The minimum Gasteiger partial charge on any atom is -0.503 e. The second-order valence-corrected chi connectivity index (χ2v) is 5.70. The Balaban J connectivity index is 1.75. The molecule has 124 valence electrons. The Bertz CT molecular complexity index is 743. The smallest absolute Gasteiger partial charge is 0.207 e. The molecule has 0 fully saturated rings. The minimum absolute atomic E-state index is 0.00455. The van der Waals surface area contributed by atoms with Crippen LogP contribution in [0.1, 0.15) is 12.5 Å². The van der Waals surface area contributed by atoms with Gasteiger partial charge in [-0.05, 0) is 24.6 Å². The van der Waals surface area contributed by atoms with Gasteiger partial charge in [0.1, 0.15) is 11.4 Å². The zero-order valence-corrected chi connectivity index (χ0v) is 13.4. The zero-order chi connectivity index (χ0) is 17.1. The number of nitrogens with one attached hydrogen (secondary N) is 1. The normalized spacial score (nSPS) is 22.5. The molecule has 0 radical (unpaired) electrons. The van der Waals surface area contributed by atoms with Crippen LogP contribution in [0.25, 0.3) is 0 Å². The molecular weight excluding hydrogens is 306 g/mol. The van der Waals surface area contributed by atoms with Crippen molar-refractivity contribution in [2.24, 2.45) is 11.8 Å². The Labute approximate surface area is 140 Å². The molecule has 0 amide bonds. The summed E-state index contributed by atoms with van der Waals surface area (Å²) in [5, 5.41) is 13.0. The van der Waals surface area contributed by atoms with Crippen molar-refractivity contribution >= 4 is 11.6 Å². The highest BCUT2D eigenvalue weighted by Gasteiger charge is 2.41. The van der Waals surface area contributed by atoms with Gasteiger partial charge in [0.2, 0.25) is 5.78 Å². The number of ketones is 2. The van der Waals surface area contributed by atoms with Crippen LogP contribution < -0.4 is 10.1 Å². The average molecular weight is 325 g/mol. The number of carbonyl (C=O) groups excluding carboxylic acids is 2. The maximum absolute atomic E-state index is 12.5. The number of Topliss-reactive ketones (excluding diaryl/α,β-unsaturated/α-hetero) is 2. The molecule has 0 spiro atoms. The van der Waals surface area contributed by atoms with E-state index in [1.165, 1.54) is 0 Å². The number of hydrogen-bond acceptors (Lipinski definition) is 5. The summed E-state index contributed by atoms with van der Waals surface area (Å²) in [5.74, 6) is -1.53. The van der Waals surface area contributed by atoms with Crippen molar-refractivity contribution in [1.29, 1.82) is 0 Å². The Hall–Kier alpha value is -2.82. The van der Waals surface area contributed by atoms with Crippen molar-refractivity contribution < 1.29 is 19.4 Å². The van der Waals surface area contributed by atoms with Gasteiger partial charge in [0, 0.05) is 6.54 Å². The third-order valence-corrected chi connectivity index (χ3v) is 4.16. The molecule has 5 heteroatoms. The number of carbonyl (C=O) groups is 2. The molecule has 2 N–H and O–H groups in total. The topological polar surface area (TPSA) is 75.6 Å². The zero-order valence-electron chi connectivity index (χ0n) is 13.4. The molecule has 2 unspecified atom stereocenters. The molecule has 0 aromatic heterocycles. The fraction of sp³-hybridized carbons (Fsp3) is 0.263. The third kappa shape index (κ3) is 2.97. The first kappa shape index (κ1) is 16.1. The summed E-state index contributed by atoms with van der Waals surface area (Å²) in [5.41, 5.74) is 0.912. The Morgan fingerprint density at radius 3 is 2.29 bits per heavy atom. The Kier molecular flexibility index (Phi) is 4.51. The highest BCUT2D eigenvalue weighted by Crippen LogP contribution is 2.31. The number of rotatable bonds is 5. The van der Waals surface area contributed by atoms with Crippen LogP contribution in [0.5, 0.6) is 5.75 Å². The number of aliphatic hydroxyl groups is 1. The van der Waals surface area contributed by atoms with Crippen LogP contribution >= 0.6 is 0 Å². The maximum atomic E-state index is 12.5. The molecular formula is C19H19NO4. The molecule has 2 atom stereocenters. The number of hydrogen-bond donors (Lipinski definition) is 2. The summed E-state index contributed by atoms with van der Waals surface area (Å²) in [6, 6.07) is 7.42. The van der Waals surface area contributed by atoms with Gasteiger partial charge in [-0.25, -0.2) is 0 Å². The molecule has 0 heterocycles. The average Bonchev–Trinajstić information content (AvgIpc) is 2.61. The van der Waals surface area contributed by atoms with E-state index in [0.29, 0.717) is 13.2 Å². The molecule has 0 saturated carbocycles. The second-order valence-electron chi connectivity index (χ2n) is 5.70. The lowest BCUT2D eigenvalue weighted by molar-refractivity contribution is -0.129. The summed E-state index contributed by atoms with van der Waals surface area (Å²) in [7, 11) is 0. The summed E-state index contributed by atoms with van der Waals surface area (Å²) < 4.78 is 5.38. The monoisotopic (exact) mass is 325 g/mol. The first-order valence-electron chi connectivity index (χ1n) is 7.94. The largest absolute Gasteiger partial charge is 0.503 e. The van der Waals surface area contributed by atoms with Gasteiger partial charge < -0.3 is 15.2 Å². The van der Waals surface area contributed by atoms with Crippen LogP contribution in [0.3, 0.4) is 0 Å². The number of ether oxygens (including phenoxy) is 1. The van der Waals surface area contributed by atoms with Gasteiger partial charge >= 0.3 is 0 Å².